The molecule has 92 valence electrons. The second-order valence-electron chi connectivity index (χ2n) is 5.04. The summed E-state index contributed by atoms with van der Waals surface area (Å²) in [6.45, 7) is 6.07. The van der Waals surface area contributed by atoms with E-state index in [1.165, 1.54) is 6.42 Å². The zero-order chi connectivity index (χ0) is 11.5. The van der Waals surface area contributed by atoms with Crippen molar-refractivity contribution in [3.8, 4) is 0 Å². The molecule has 0 saturated carbocycles. The molecule has 16 heavy (non-hydrogen) atoms. The van der Waals surface area contributed by atoms with Crippen LogP contribution in [0.5, 0.6) is 0 Å². The van der Waals surface area contributed by atoms with Crippen LogP contribution in [0.15, 0.2) is 0 Å². The Morgan fingerprint density at radius 3 is 2.81 bits per heavy atom. The van der Waals surface area contributed by atoms with Crippen molar-refractivity contribution in [3.05, 3.63) is 0 Å². The number of hydrogen-bond acceptors (Lipinski definition) is 3. The Morgan fingerprint density at radius 1 is 1.31 bits per heavy atom. The maximum Gasteiger partial charge on any atom is 0.239 e. The van der Waals surface area contributed by atoms with E-state index in [1.807, 2.05) is 14.0 Å². The van der Waals surface area contributed by atoms with Crippen LogP contribution in [0.25, 0.3) is 0 Å². The number of carbonyl (C=O) groups is 1. The van der Waals surface area contributed by atoms with Gasteiger partial charge in [-0.15, -0.1) is 0 Å². The Labute approximate surface area is 98.0 Å². The van der Waals surface area contributed by atoms with Crippen LogP contribution in [0.1, 0.15) is 26.2 Å². The number of amides is 1. The molecule has 2 unspecified atom stereocenters. The van der Waals surface area contributed by atoms with Gasteiger partial charge in [0.15, 0.2) is 0 Å². The van der Waals surface area contributed by atoms with Crippen molar-refractivity contribution in [2.75, 3.05) is 33.2 Å². The van der Waals surface area contributed by atoms with Gasteiger partial charge in [0.25, 0.3) is 0 Å². The van der Waals surface area contributed by atoms with E-state index in [9.17, 15) is 4.79 Å². The van der Waals surface area contributed by atoms with Crippen LogP contribution >= 0.6 is 0 Å². The number of likely N-dealkylation sites (N-methyl/N-ethyl adjacent to an activating group) is 1. The zero-order valence-electron chi connectivity index (χ0n) is 10.4. The van der Waals surface area contributed by atoms with Crippen molar-refractivity contribution >= 4 is 5.91 Å². The summed E-state index contributed by atoms with van der Waals surface area (Å²) in [5, 5.41) is 3.39. The lowest BCUT2D eigenvalue weighted by Gasteiger charge is -2.35. The predicted octanol–water partition coefficient (Wildman–Crippen LogP) is 0.291. The first-order chi connectivity index (χ1) is 7.70. The Morgan fingerprint density at radius 2 is 2.12 bits per heavy atom. The molecule has 2 saturated heterocycles. The van der Waals surface area contributed by atoms with E-state index in [4.69, 9.17) is 0 Å². The number of hydrogen-bond donors (Lipinski definition) is 1. The number of nitrogens with one attached hydrogen (secondary N) is 1. The molecule has 0 aromatic rings. The lowest BCUT2D eigenvalue weighted by atomic mass is 10.0. The Bertz CT molecular complexity index is 251. The lowest BCUT2D eigenvalue weighted by Crippen LogP contribution is -2.52. The Kier molecular flexibility index (Phi) is 3.82. The van der Waals surface area contributed by atoms with Gasteiger partial charge >= 0.3 is 0 Å². The first kappa shape index (κ1) is 11.9. The average molecular weight is 225 g/mol. The van der Waals surface area contributed by atoms with Crippen LogP contribution in [-0.2, 0) is 4.79 Å². The van der Waals surface area contributed by atoms with Gasteiger partial charge in [-0.1, -0.05) is 0 Å². The summed E-state index contributed by atoms with van der Waals surface area (Å²) >= 11 is 0. The van der Waals surface area contributed by atoms with Gasteiger partial charge in [-0.25, -0.2) is 0 Å². The second kappa shape index (κ2) is 5.15. The van der Waals surface area contributed by atoms with Crippen molar-refractivity contribution in [2.24, 2.45) is 0 Å². The molecule has 2 aliphatic rings. The molecule has 0 aromatic heterocycles. The largest absolute Gasteiger partial charge is 0.337 e. The van der Waals surface area contributed by atoms with Gasteiger partial charge in [0.2, 0.25) is 5.91 Å². The summed E-state index contributed by atoms with van der Waals surface area (Å²) in [7, 11) is 2.05. The molecule has 0 aliphatic carbocycles. The maximum absolute atomic E-state index is 12.3. The van der Waals surface area contributed by atoms with Crippen LogP contribution in [0.4, 0.5) is 0 Å². The summed E-state index contributed by atoms with van der Waals surface area (Å²) in [5.74, 6) is 0.314. The Hall–Kier alpha value is -0.610. The highest BCUT2D eigenvalue weighted by Crippen LogP contribution is 2.16. The van der Waals surface area contributed by atoms with Crippen molar-refractivity contribution in [3.63, 3.8) is 0 Å². The molecule has 4 nitrogen and oxygen atoms in total. The summed E-state index contributed by atoms with van der Waals surface area (Å²) < 4.78 is 0. The molecule has 2 heterocycles. The average Bonchev–Trinajstić information content (AvgIpc) is 2.44. The third-order valence-corrected chi connectivity index (χ3v) is 3.92. The zero-order valence-corrected chi connectivity index (χ0v) is 10.4. The highest BCUT2D eigenvalue weighted by molar-refractivity contribution is 5.82. The van der Waals surface area contributed by atoms with Crippen LogP contribution in [-0.4, -0.2) is 61.0 Å². The molecule has 2 aliphatic heterocycles. The summed E-state index contributed by atoms with van der Waals surface area (Å²) in [5.41, 5.74) is 0. The standard InChI is InChI=1S/C12H23N3O/c1-10-12(16)15(8-4-7-14(10)2)11-5-3-6-13-9-11/h10-11,13H,3-9H2,1-2H3. The van der Waals surface area contributed by atoms with Crippen molar-refractivity contribution in [2.45, 2.75) is 38.3 Å². The minimum atomic E-state index is 0.0458. The molecular weight excluding hydrogens is 202 g/mol. The third-order valence-electron chi connectivity index (χ3n) is 3.92. The highest BCUT2D eigenvalue weighted by atomic mass is 16.2. The molecule has 1 N–H and O–H groups in total. The molecule has 2 atom stereocenters. The quantitative estimate of drug-likeness (QED) is 0.697. The fourth-order valence-corrected chi connectivity index (χ4v) is 2.68. The number of carbonyl (C=O) groups excluding carboxylic acids is 1. The van der Waals surface area contributed by atoms with E-state index >= 15 is 0 Å². The SMILES string of the molecule is CC1C(=O)N(C2CCCNC2)CCCN1C. The second-order valence-corrected chi connectivity index (χ2v) is 5.04. The molecule has 0 spiro atoms. The molecule has 0 radical (unpaired) electrons. The molecule has 4 heteroatoms. The molecule has 2 rings (SSSR count). The lowest BCUT2D eigenvalue weighted by molar-refractivity contribution is -0.137. The molecule has 0 bridgehead atoms. The van der Waals surface area contributed by atoms with E-state index in [0.717, 1.165) is 39.0 Å². The monoisotopic (exact) mass is 225 g/mol. The summed E-state index contributed by atoms with van der Waals surface area (Å²) in [4.78, 5) is 16.6. The van der Waals surface area contributed by atoms with E-state index in [-0.39, 0.29) is 6.04 Å². The van der Waals surface area contributed by atoms with Crippen molar-refractivity contribution in [1.82, 2.24) is 15.1 Å². The van der Waals surface area contributed by atoms with Gasteiger partial charge in [-0.3, -0.25) is 9.69 Å². The van der Waals surface area contributed by atoms with Gasteiger partial charge < -0.3 is 10.2 Å². The molecule has 1 amide bonds. The fourth-order valence-electron chi connectivity index (χ4n) is 2.68. The minimum absolute atomic E-state index is 0.0458. The van der Waals surface area contributed by atoms with E-state index in [0.29, 0.717) is 11.9 Å². The predicted molar refractivity (Wildman–Crippen MR) is 64.3 cm³/mol. The van der Waals surface area contributed by atoms with Gasteiger partial charge in [0.1, 0.15) is 0 Å². The number of rotatable bonds is 1. The molecular formula is C12H23N3O. The van der Waals surface area contributed by atoms with Crippen LogP contribution in [0.2, 0.25) is 0 Å². The smallest absolute Gasteiger partial charge is 0.239 e. The Balaban J connectivity index is 2.04. The summed E-state index contributed by atoms with van der Waals surface area (Å²) in [6, 6.07) is 0.472. The molecule has 2 fully saturated rings. The van der Waals surface area contributed by atoms with E-state index in [2.05, 4.69) is 15.1 Å². The third kappa shape index (κ3) is 2.38. The van der Waals surface area contributed by atoms with Gasteiger partial charge in [0.05, 0.1) is 6.04 Å². The first-order valence-corrected chi connectivity index (χ1v) is 6.41. The minimum Gasteiger partial charge on any atom is -0.337 e. The fraction of sp³-hybridized carbons (Fsp3) is 0.917. The number of piperidine rings is 1. The van der Waals surface area contributed by atoms with Gasteiger partial charge in [0, 0.05) is 25.7 Å². The first-order valence-electron chi connectivity index (χ1n) is 6.41. The highest BCUT2D eigenvalue weighted by Gasteiger charge is 2.31. The van der Waals surface area contributed by atoms with Crippen LogP contribution in [0, 0.1) is 0 Å². The van der Waals surface area contributed by atoms with Crippen molar-refractivity contribution in [1.29, 1.82) is 0 Å². The van der Waals surface area contributed by atoms with Crippen LogP contribution < -0.4 is 5.32 Å². The molecule has 0 aromatic carbocycles. The summed E-state index contributed by atoms with van der Waals surface area (Å²) in [6.07, 6.45) is 3.46. The van der Waals surface area contributed by atoms with Crippen molar-refractivity contribution < 1.29 is 4.79 Å². The maximum atomic E-state index is 12.3. The van der Waals surface area contributed by atoms with Crippen LogP contribution in [0.3, 0.4) is 0 Å². The topological polar surface area (TPSA) is 35.6 Å². The van der Waals surface area contributed by atoms with E-state index in [1.54, 1.807) is 0 Å². The van der Waals surface area contributed by atoms with Gasteiger partial charge in [-0.05, 0) is 39.8 Å². The number of nitrogens with zero attached hydrogens (tertiary/aromatic N) is 2. The van der Waals surface area contributed by atoms with Gasteiger partial charge in [-0.2, -0.15) is 0 Å². The normalized spacial score (nSPS) is 33.9. The van der Waals surface area contributed by atoms with E-state index < -0.39 is 0 Å².